The highest BCUT2D eigenvalue weighted by atomic mass is 35.5. The van der Waals surface area contributed by atoms with Crippen LogP contribution >= 0.6 is 34.5 Å². The maximum Gasteiger partial charge on any atom is 0.414 e. The fraction of sp³-hybridized carbons (Fsp3) is 0.242. The summed E-state index contributed by atoms with van der Waals surface area (Å²) < 4.78 is 10.9. The molecular formula is C33H34Cl2N4O5S. The molecule has 0 saturated heterocycles. The molecule has 236 valence electrons. The van der Waals surface area contributed by atoms with Crippen molar-refractivity contribution in [1.82, 2.24) is 16.0 Å². The molecule has 3 amide bonds. The summed E-state index contributed by atoms with van der Waals surface area (Å²) in [5.41, 5.74) is 8.98. The fourth-order valence-electron chi connectivity index (χ4n) is 4.41. The molecule has 0 aliphatic carbocycles. The molecule has 3 aromatic carbocycles. The van der Waals surface area contributed by atoms with E-state index in [2.05, 4.69) is 16.0 Å². The Morgan fingerprint density at radius 1 is 0.800 bits per heavy atom. The zero-order valence-electron chi connectivity index (χ0n) is 24.6. The molecule has 0 aliphatic rings. The van der Waals surface area contributed by atoms with Crippen molar-refractivity contribution in [1.29, 1.82) is 0 Å². The smallest absolute Gasteiger partial charge is 0.414 e. The molecule has 0 saturated carbocycles. The van der Waals surface area contributed by atoms with Crippen LogP contribution in [0.25, 0.3) is 0 Å². The molecule has 0 spiro atoms. The van der Waals surface area contributed by atoms with Crippen LogP contribution in [-0.4, -0.2) is 36.6 Å². The van der Waals surface area contributed by atoms with Gasteiger partial charge in [0, 0.05) is 25.9 Å². The number of amides is 3. The summed E-state index contributed by atoms with van der Waals surface area (Å²) in [7, 11) is 0. The lowest BCUT2D eigenvalue weighted by Crippen LogP contribution is -2.55. The van der Waals surface area contributed by atoms with Gasteiger partial charge in [0.05, 0.1) is 16.7 Å². The first kappa shape index (κ1) is 33.8. The minimum atomic E-state index is -1.07. The van der Waals surface area contributed by atoms with Crippen molar-refractivity contribution in [2.75, 3.05) is 6.61 Å². The summed E-state index contributed by atoms with van der Waals surface area (Å²) in [6.45, 7) is 3.05. The highest BCUT2D eigenvalue weighted by molar-refractivity contribution is 7.11. The number of nitrogens with one attached hydrogen (secondary N) is 3. The first-order chi connectivity index (χ1) is 21.7. The third kappa shape index (κ3) is 10.5. The highest BCUT2D eigenvalue weighted by Crippen LogP contribution is 2.23. The van der Waals surface area contributed by atoms with Crippen molar-refractivity contribution in [3.8, 4) is 10.8 Å². The van der Waals surface area contributed by atoms with Gasteiger partial charge in [0.2, 0.25) is 11.8 Å². The van der Waals surface area contributed by atoms with E-state index < -0.39 is 30.0 Å². The summed E-state index contributed by atoms with van der Waals surface area (Å²) in [5, 5.41) is 11.2. The van der Waals surface area contributed by atoms with Gasteiger partial charge < -0.3 is 31.2 Å². The first-order valence-electron chi connectivity index (χ1n) is 14.3. The topological polar surface area (TPSA) is 132 Å². The maximum atomic E-state index is 13.8. The Kier molecular flexibility index (Phi) is 12.6. The molecule has 9 nitrogen and oxygen atoms in total. The zero-order valence-corrected chi connectivity index (χ0v) is 26.9. The quantitative estimate of drug-likeness (QED) is 0.137. The van der Waals surface area contributed by atoms with Gasteiger partial charge in [-0.2, -0.15) is 0 Å². The van der Waals surface area contributed by atoms with Crippen LogP contribution in [-0.2, 0) is 35.5 Å². The Bertz CT molecular complexity index is 1570. The third-order valence-electron chi connectivity index (χ3n) is 6.75. The van der Waals surface area contributed by atoms with Crippen LogP contribution in [0.4, 0.5) is 4.79 Å². The lowest BCUT2D eigenvalue weighted by molar-refractivity contribution is -0.130. The van der Waals surface area contributed by atoms with Crippen LogP contribution in [0, 0.1) is 0 Å². The van der Waals surface area contributed by atoms with Crippen LogP contribution in [0.1, 0.15) is 29.2 Å². The monoisotopic (exact) mass is 668 g/mol. The molecule has 0 bridgehead atoms. The normalized spacial score (nSPS) is 12.1. The van der Waals surface area contributed by atoms with Crippen LogP contribution < -0.4 is 31.2 Å². The Balaban J connectivity index is 1.53. The van der Waals surface area contributed by atoms with Crippen molar-refractivity contribution >= 4 is 52.4 Å². The lowest BCUT2D eigenvalue weighted by Gasteiger charge is -2.23. The molecule has 1 aromatic heterocycles. The minimum Gasteiger partial charge on any atom is -0.494 e. The zero-order chi connectivity index (χ0) is 32.2. The van der Waals surface area contributed by atoms with E-state index in [0.29, 0.717) is 39.6 Å². The number of rotatable bonds is 14. The molecule has 45 heavy (non-hydrogen) atoms. The first-order valence-corrected chi connectivity index (χ1v) is 15.9. The standard InChI is InChI=1S/C33H34Cl2N4O5S/c1-2-43-25-12-9-21(10-13-25)17-29(39-33(42)44-30-4-3-15-45-30)32(41)38-28(18-24-11-14-26(34)27(35)16-24)31(40)37-20-23-7-5-22(19-36)6-8-23/h3-16,28-29H,2,17-20,36H2,1H3,(H,37,40)(H,38,41)(H,39,42)/t28-,29+/m0/s1. The van der Waals surface area contributed by atoms with Gasteiger partial charge in [0.15, 0.2) is 5.06 Å². The van der Waals surface area contributed by atoms with Crippen molar-refractivity contribution < 1.29 is 23.9 Å². The maximum absolute atomic E-state index is 13.8. The van der Waals surface area contributed by atoms with Gasteiger partial charge in [-0.15, -0.1) is 11.3 Å². The second-order valence-electron chi connectivity index (χ2n) is 10.1. The van der Waals surface area contributed by atoms with Crippen LogP contribution in [0.15, 0.2) is 84.2 Å². The van der Waals surface area contributed by atoms with E-state index >= 15 is 0 Å². The number of ether oxygens (including phenoxy) is 2. The van der Waals surface area contributed by atoms with Gasteiger partial charge in [-0.05, 0) is 71.0 Å². The molecular weight excluding hydrogens is 635 g/mol. The molecule has 0 aliphatic heterocycles. The van der Waals surface area contributed by atoms with Crippen molar-refractivity contribution in [3.05, 3.63) is 117 Å². The molecule has 0 radical (unpaired) electrons. The number of benzene rings is 3. The summed E-state index contributed by atoms with van der Waals surface area (Å²) in [6, 6.07) is 21.1. The Hall–Kier alpha value is -4.09. The molecule has 0 fully saturated rings. The van der Waals surface area contributed by atoms with Gasteiger partial charge in [-0.3, -0.25) is 9.59 Å². The van der Waals surface area contributed by atoms with Crippen LogP contribution in [0.2, 0.25) is 10.0 Å². The molecule has 12 heteroatoms. The second-order valence-corrected chi connectivity index (χ2v) is 11.8. The summed E-state index contributed by atoms with van der Waals surface area (Å²) >= 11 is 13.6. The highest BCUT2D eigenvalue weighted by Gasteiger charge is 2.28. The molecule has 4 aromatic rings. The van der Waals surface area contributed by atoms with E-state index in [1.54, 1.807) is 47.8 Å². The van der Waals surface area contributed by atoms with Gasteiger partial charge in [-0.25, -0.2) is 4.79 Å². The molecule has 5 N–H and O–H groups in total. The molecule has 1 heterocycles. The molecule has 2 atom stereocenters. The average molecular weight is 670 g/mol. The van der Waals surface area contributed by atoms with Gasteiger partial charge in [-0.1, -0.05) is 65.7 Å². The number of carbonyl (C=O) groups excluding carboxylic acids is 3. The van der Waals surface area contributed by atoms with E-state index in [1.807, 2.05) is 43.3 Å². The lowest BCUT2D eigenvalue weighted by atomic mass is 10.0. The fourth-order valence-corrected chi connectivity index (χ4v) is 5.30. The SMILES string of the molecule is CCOc1ccc(C[C@@H](NC(=O)Oc2cccs2)C(=O)N[C@@H](Cc2ccc(Cl)c(Cl)c2)C(=O)NCc2ccc(CN)cc2)cc1. The average Bonchev–Trinajstić information content (AvgIpc) is 3.55. The van der Waals surface area contributed by atoms with Crippen molar-refractivity contribution in [2.24, 2.45) is 5.73 Å². The van der Waals surface area contributed by atoms with E-state index in [4.69, 9.17) is 38.4 Å². The summed E-state index contributed by atoms with van der Waals surface area (Å²) in [5.74, 6) is -0.304. The third-order valence-corrected chi connectivity index (χ3v) is 8.24. The van der Waals surface area contributed by atoms with E-state index in [1.165, 1.54) is 11.3 Å². The second kappa shape index (κ2) is 16.8. The molecule has 0 unspecified atom stereocenters. The number of halogens is 2. The number of thiophene rings is 1. The number of hydrogen-bond acceptors (Lipinski definition) is 7. The van der Waals surface area contributed by atoms with Crippen LogP contribution in [0.5, 0.6) is 10.8 Å². The van der Waals surface area contributed by atoms with E-state index in [9.17, 15) is 14.4 Å². The summed E-state index contributed by atoms with van der Waals surface area (Å²) in [4.78, 5) is 40.1. The Labute approximate surface area is 276 Å². The summed E-state index contributed by atoms with van der Waals surface area (Å²) in [6.07, 6.45) is -0.544. The van der Waals surface area contributed by atoms with Crippen molar-refractivity contribution in [2.45, 2.75) is 44.9 Å². The largest absolute Gasteiger partial charge is 0.494 e. The Morgan fingerprint density at radius 2 is 1.44 bits per heavy atom. The van der Waals surface area contributed by atoms with Gasteiger partial charge in [0.25, 0.3) is 0 Å². The minimum absolute atomic E-state index is 0.121. The van der Waals surface area contributed by atoms with E-state index in [0.717, 1.165) is 16.7 Å². The Morgan fingerprint density at radius 3 is 2.09 bits per heavy atom. The number of hydrogen-bond donors (Lipinski definition) is 4. The number of carbonyl (C=O) groups is 3. The number of nitrogens with two attached hydrogens (primary N) is 1. The predicted octanol–water partition coefficient (Wildman–Crippen LogP) is 5.66. The van der Waals surface area contributed by atoms with Gasteiger partial charge >= 0.3 is 6.09 Å². The predicted molar refractivity (Wildman–Crippen MR) is 177 cm³/mol. The van der Waals surface area contributed by atoms with Crippen molar-refractivity contribution in [3.63, 3.8) is 0 Å². The van der Waals surface area contributed by atoms with E-state index in [-0.39, 0.29) is 19.4 Å². The van der Waals surface area contributed by atoms with Crippen LogP contribution in [0.3, 0.4) is 0 Å². The van der Waals surface area contributed by atoms with Gasteiger partial charge in [0.1, 0.15) is 17.8 Å². The molecule has 4 rings (SSSR count).